The Morgan fingerprint density at radius 2 is 1.71 bits per heavy atom. The van der Waals surface area contributed by atoms with E-state index in [1.165, 1.54) is 14.0 Å². The highest BCUT2D eigenvalue weighted by molar-refractivity contribution is 5.84. The summed E-state index contributed by atoms with van der Waals surface area (Å²) in [5.41, 5.74) is 3.27. The van der Waals surface area contributed by atoms with Gasteiger partial charge in [0.15, 0.2) is 11.5 Å². The number of anilines is 1. The Morgan fingerprint density at radius 3 is 2.33 bits per heavy atom. The average molecular weight is 582 g/mol. The normalized spacial score (nSPS) is 16.4. The lowest BCUT2D eigenvalue weighted by Gasteiger charge is -2.30. The highest BCUT2D eigenvalue weighted by Crippen LogP contribution is 2.50. The molecular formula is C31H39N3O8. The SMILES string of the molecule is COc1cc2c(c(OC)c1OC)-c1ccc(NCCCC(=O)N3CCC(C(=O)O)CC3)c(=O)cc1[C@@H](NC(C)=O)CC2. The molecule has 3 N–H and O–H groups in total. The Morgan fingerprint density at radius 1 is 1.00 bits per heavy atom. The Hall–Kier alpha value is -4.28. The molecule has 1 atom stereocenters. The molecule has 2 amide bonds. The number of ether oxygens (including phenoxy) is 3. The molecule has 0 aromatic heterocycles. The van der Waals surface area contributed by atoms with Crippen LogP contribution in [0.15, 0.2) is 29.1 Å². The number of aliphatic carboxylic acids is 1. The minimum atomic E-state index is -0.808. The number of likely N-dealkylation sites (tertiary alicyclic amines) is 1. The summed E-state index contributed by atoms with van der Waals surface area (Å²) in [4.78, 5) is 51.1. The van der Waals surface area contributed by atoms with Crippen molar-refractivity contribution in [3.8, 4) is 28.4 Å². The number of hydrogen-bond acceptors (Lipinski definition) is 8. The molecule has 0 saturated carbocycles. The van der Waals surface area contributed by atoms with Crippen LogP contribution >= 0.6 is 0 Å². The van der Waals surface area contributed by atoms with E-state index in [2.05, 4.69) is 10.6 Å². The molecular weight excluding hydrogens is 542 g/mol. The summed E-state index contributed by atoms with van der Waals surface area (Å²) in [5, 5.41) is 15.3. The van der Waals surface area contributed by atoms with Gasteiger partial charge in [-0.1, -0.05) is 6.07 Å². The van der Waals surface area contributed by atoms with Crippen molar-refractivity contribution < 1.29 is 33.7 Å². The van der Waals surface area contributed by atoms with Crippen LogP contribution in [0.4, 0.5) is 5.69 Å². The van der Waals surface area contributed by atoms with Crippen molar-refractivity contribution in [2.75, 3.05) is 46.3 Å². The van der Waals surface area contributed by atoms with Gasteiger partial charge in [0, 0.05) is 38.5 Å². The lowest BCUT2D eigenvalue weighted by molar-refractivity contribution is -0.145. The molecule has 0 spiro atoms. The van der Waals surface area contributed by atoms with Crippen LogP contribution in [0.2, 0.25) is 0 Å². The molecule has 0 radical (unpaired) electrons. The predicted molar refractivity (Wildman–Crippen MR) is 157 cm³/mol. The molecule has 42 heavy (non-hydrogen) atoms. The van der Waals surface area contributed by atoms with Gasteiger partial charge in [-0.05, 0) is 67.0 Å². The predicted octanol–water partition coefficient (Wildman–Crippen LogP) is 3.38. The van der Waals surface area contributed by atoms with Crippen LogP contribution in [0.3, 0.4) is 0 Å². The Kier molecular flexibility index (Phi) is 9.92. The quantitative estimate of drug-likeness (QED) is 0.360. The average Bonchev–Trinajstić information content (AvgIpc) is 3.22. The Balaban J connectivity index is 1.59. The number of carbonyl (C=O) groups is 3. The molecule has 2 aliphatic rings. The van der Waals surface area contributed by atoms with Gasteiger partial charge in [0.25, 0.3) is 0 Å². The van der Waals surface area contributed by atoms with Gasteiger partial charge in [-0.3, -0.25) is 19.2 Å². The molecule has 226 valence electrons. The van der Waals surface area contributed by atoms with Gasteiger partial charge in [0.05, 0.1) is 39.0 Å². The molecule has 4 rings (SSSR count). The molecule has 11 heteroatoms. The number of fused-ring (bicyclic) bond motifs is 3. The third-order valence-electron chi connectivity index (χ3n) is 8.00. The van der Waals surface area contributed by atoms with Crippen molar-refractivity contribution in [1.82, 2.24) is 10.2 Å². The topological polar surface area (TPSA) is 144 Å². The molecule has 11 nitrogen and oxygen atoms in total. The fraction of sp³-hybridized carbons (Fsp3) is 0.484. The summed E-state index contributed by atoms with van der Waals surface area (Å²) < 4.78 is 17.0. The lowest BCUT2D eigenvalue weighted by atomic mass is 9.95. The largest absolute Gasteiger partial charge is 0.493 e. The summed E-state index contributed by atoms with van der Waals surface area (Å²) in [7, 11) is 4.65. The van der Waals surface area contributed by atoms with Gasteiger partial charge in [-0.2, -0.15) is 0 Å². The van der Waals surface area contributed by atoms with Crippen LogP contribution in [0, 0.1) is 5.92 Å². The first kappa shape index (κ1) is 30.7. The van der Waals surface area contributed by atoms with E-state index in [1.54, 1.807) is 31.3 Å². The Bertz CT molecular complexity index is 1400. The van der Waals surface area contributed by atoms with Crippen molar-refractivity contribution in [2.45, 2.75) is 51.5 Å². The minimum absolute atomic E-state index is 0.0143. The number of methoxy groups -OCH3 is 3. The van der Waals surface area contributed by atoms with Crippen LogP contribution in [0.25, 0.3) is 11.1 Å². The van der Waals surface area contributed by atoms with Crippen LogP contribution in [0.1, 0.15) is 56.2 Å². The second kappa shape index (κ2) is 13.6. The fourth-order valence-corrected chi connectivity index (χ4v) is 5.85. The summed E-state index contributed by atoms with van der Waals surface area (Å²) in [6.45, 7) is 2.76. The van der Waals surface area contributed by atoms with E-state index >= 15 is 0 Å². The van der Waals surface area contributed by atoms with Crippen LogP contribution in [-0.4, -0.2) is 68.8 Å². The number of nitrogens with zero attached hydrogens (tertiary/aromatic N) is 1. The van der Waals surface area contributed by atoms with Crippen LogP contribution in [0.5, 0.6) is 17.2 Å². The number of carboxylic acid groups (broad SMARTS) is 1. The summed E-state index contributed by atoms with van der Waals surface area (Å²) >= 11 is 0. The number of amides is 2. The molecule has 1 saturated heterocycles. The Labute approximate surface area is 245 Å². The van der Waals surface area contributed by atoms with Crippen molar-refractivity contribution in [1.29, 1.82) is 0 Å². The summed E-state index contributed by atoms with van der Waals surface area (Å²) in [5.74, 6) is 0.0355. The standard InChI is InChI=1S/C31H39N3O8/c1-18(35)33-23-9-7-20-16-26(40-2)29(41-3)30(42-4)28(20)21-8-10-24(25(36)17-22(21)23)32-13-5-6-27(37)34-14-11-19(12-15-34)31(38)39/h8,10,16-17,19,23H,5-7,9,11-15H2,1-4H3,(H,32,36)(H,33,35)(H,38,39)/t23-/m0/s1. The van der Waals surface area contributed by atoms with E-state index in [0.717, 1.165) is 16.7 Å². The van der Waals surface area contributed by atoms with E-state index in [-0.39, 0.29) is 23.2 Å². The van der Waals surface area contributed by atoms with Gasteiger partial charge >= 0.3 is 5.97 Å². The highest BCUT2D eigenvalue weighted by Gasteiger charge is 2.30. The number of nitrogens with one attached hydrogen (secondary N) is 2. The molecule has 2 aromatic carbocycles. The third-order valence-corrected chi connectivity index (χ3v) is 8.00. The fourth-order valence-electron chi connectivity index (χ4n) is 5.85. The molecule has 1 aliphatic heterocycles. The zero-order valence-corrected chi connectivity index (χ0v) is 24.6. The van der Waals surface area contributed by atoms with Crippen molar-refractivity contribution in [3.05, 3.63) is 45.6 Å². The monoisotopic (exact) mass is 581 g/mol. The second-order valence-corrected chi connectivity index (χ2v) is 10.6. The summed E-state index contributed by atoms with van der Waals surface area (Å²) in [6.07, 6.45) is 2.92. The molecule has 0 bridgehead atoms. The molecule has 2 aromatic rings. The minimum Gasteiger partial charge on any atom is -0.493 e. The van der Waals surface area contributed by atoms with E-state index in [9.17, 15) is 19.2 Å². The number of piperidine rings is 1. The first-order valence-electron chi connectivity index (χ1n) is 14.2. The highest BCUT2D eigenvalue weighted by atomic mass is 16.5. The van der Waals surface area contributed by atoms with Crippen LogP contribution < -0.4 is 30.3 Å². The second-order valence-electron chi connectivity index (χ2n) is 10.6. The van der Waals surface area contributed by atoms with Crippen molar-refractivity contribution in [2.24, 2.45) is 5.92 Å². The zero-order valence-electron chi connectivity index (χ0n) is 24.6. The van der Waals surface area contributed by atoms with E-state index < -0.39 is 12.0 Å². The van der Waals surface area contributed by atoms with E-state index in [4.69, 9.17) is 19.3 Å². The number of aryl methyl sites for hydroxylation is 1. The first-order valence-corrected chi connectivity index (χ1v) is 14.2. The maximum atomic E-state index is 13.4. The maximum absolute atomic E-state index is 13.4. The molecule has 1 fully saturated rings. The lowest BCUT2D eigenvalue weighted by Crippen LogP contribution is -2.40. The smallest absolute Gasteiger partial charge is 0.306 e. The molecule has 1 aliphatic carbocycles. The number of rotatable bonds is 10. The van der Waals surface area contributed by atoms with E-state index in [1.807, 2.05) is 12.1 Å². The number of benzene rings is 1. The zero-order chi connectivity index (χ0) is 30.4. The number of carbonyl (C=O) groups excluding carboxylic acids is 2. The van der Waals surface area contributed by atoms with Crippen molar-refractivity contribution in [3.63, 3.8) is 0 Å². The van der Waals surface area contributed by atoms with E-state index in [0.29, 0.717) is 86.7 Å². The third kappa shape index (κ3) is 6.61. The van der Waals surface area contributed by atoms with Gasteiger partial charge in [0.1, 0.15) is 0 Å². The molecule has 1 heterocycles. The first-order chi connectivity index (χ1) is 20.2. The van der Waals surface area contributed by atoms with Crippen LogP contribution in [-0.2, 0) is 20.8 Å². The van der Waals surface area contributed by atoms with Gasteiger partial charge in [0.2, 0.25) is 23.0 Å². The van der Waals surface area contributed by atoms with Gasteiger partial charge < -0.3 is 34.9 Å². The van der Waals surface area contributed by atoms with Crippen molar-refractivity contribution >= 4 is 23.5 Å². The summed E-state index contributed by atoms with van der Waals surface area (Å²) in [6, 6.07) is 6.63. The maximum Gasteiger partial charge on any atom is 0.306 e. The number of hydrogen-bond donors (Lipinski definition) is 3. The number of carboxylic acids is 1. The van der Waals surface area contributed by atoms with Gasteiger partial charge in [-0.25, -0.2) is 0 Å². The van der Waals surface area contributed by atoms with Gasteiger partial charge in [-0.15, -0.1) is 0 Å². The molecule has 0 unspecified atom stereocenters.